The van der Waals surface area contributed by atoms with E-state index in [1.165, 1.54) is 0 Å². The third kappa shape index (κ3) is 4.60. The number of rotatable bonds is 5. The molecule has 0 aliphatic carbocycles. The van der Waals surface area contributed by atoms with Crippen LogP contribution in [0.2, 0.25) is 0 Å². The molecule has 0 fully saturated rings. The lowest BCUT2D eigenvalue weighted by molar-refractivity contribution is 0.550. The molecule has 1 atom stereocenters. The van der Waals surface area contributed by atoms with Crippen LogP contribution < -0.4 is 10.9 Å². The van der Waals surface area contributed by atoms with Crippen molar-refractivity contribution in [3.63, 3.8) is 0 Å². The van der Waals surface area contributed by atoms with Gasteiger partial charge in [-0.2, -0.15) is 10.2 Å². The van der Waals surface area contributed by atoms with E-state index in [2.05, 4.69) is 45.3 Å². The maximum Gasteiger partial charge on any atom is 0.264 e. The molecule has 8 nitrogen and oxygen atoms in total. The number of aromatic nitrogens is 6. The van der Waals surface area contributed by atoms with E-state index in [0.29, 0.717) is 17.5 Å². The fraction of sp³-hybridized carbons (Fsp3) is 0.161. The summed E-state index contributed by atoms with van der Waals surface area (Å²) in [5.41, 5.74) is 5.88. The number of hydrogen-bond donors (Lipinski definition) is 1. The number of nitrogens with one attached hydrogen (secondary N) is 1. The molecular weight excluding hydrogens is 486 g/mol. The summed E-state index contributed by atoms with van der Waals surface area (Å²) in [4.78, 5) is 18.7. The predicted octanol–water partition coefficient (Wildman–Crippen LogP) is 4.33. The van der Waals surface area contributed by atoms with Crippen LogP contribution in [-0.2, 0) is 13.6 Å². The first-order chi connectivity index (χ1) is 19.0. The lowest BCUT2D eigenvalue weighted by Gasteiger charge is -2.21. The Morgan fingerprint density at radius 2 is 1.85 bits per heavy atom. The van der Waals surface area contributed by atoms with Crippen molar-refractivity contribution in [2.45, 2.75) is 26.4 Å². The van der Waals surface area contributed by atoms with Gasteiger partial charge in [-0.05, 0) is 49.6 Å². The van der Waals surface area contributed by atoms with Gasteiger partial charge in [-0.1, -0.05) is 42.2 Å². The van der Waals surface area contributed by atoms with Gasteiger partial charge in [-0.25, -0.2) is 9.50 Å². The molecule has 0 bridgehead atoms. The Morgan fingerprint density at radius 1 is 1.00 bits per heavy atom. The fourth-order valence-corrected chi connectivity index (χ4v) is 4.82. The second kappa shape index (κ2) is 10.0. The van der Waals surface area contributed by atoms with Crippen molar-refractivity contribution >= 4 is 16.4 Å². The fourth-order valence-electron chi connectivity index (χ4n) is 4.82. The Balaban J connectivity index is 1.44. The number of benzene rings is 2. The molecular formula is C31H27N7O. The van der Waals surface area contributed by atoms with Gasteiger partial charge in [0.2, 0.25) is 0 Å². The van der Waals surface area contributed by atoms with Crippen LogP contribution in [0, 0.1) is 18.8 Å². The molecule has 0 amide bonds. The number of hydrogen-bond acceptors (Lipinski definition) is 5. The highest BCUT2D eigenvalue weighted by Crippen LogP contribution is 2.24. The molecule has 0 saturated heterocycles. The van der Waals surface area contributed by atoms with Crippen molar-refractivity contribution in [2.24, 2.45) is 7.05 Å². The summed E-state index contributed by atoms with van der Waals surface area (Å²) in [7, 11) is 1.85. The van der Waals surface area contributed by atoms with E-state index >= 15 is 0 Å². The summed E-state index contributed by atoms with van der Waals surface area (Å²) in [6.45, 7) is 4.62. The highest BCUT2D eigenvalue weighted by atomic mass is 16.1. The minimum Gasteiger partial charge on any atom is -0.305 e. The molecule has 39 heavy (non-hydrogen) atoms. The highest BCUT2D eigenvalue weighted by molar-refractivity contribution is 5.88. The summed E-state index contributed by atoms with van der Waals surface area (Å²) in [5, 5.41) is 13.7. The van der Waals surface area contributed by atoms with Gasteiger partial charge in [0, 0.05) is 60.2 Å². The summed E-state index contributed by atoms with van der Waals surface area (Å²) in [6.07, 6.45) is 7.21. The molecule has 0 radical (unpaired) electrons. The smallest absolute Gasteiger partial charge is 0.264 e. The van der Waals surface area contributed by atoms with E-state index in [0.717, 1.165) is 39.2 Å². The van der Waals surface area contributed by atoms with Gasteiger partial charge < -0.3 is 5.32 Å². The number of para-hydroxylation sites is 1. The largest absolute Gasteiger partial charge is 0.305 e. The number of fused-ring (bicyclic) bond motifs is 2. The first-order valence-corrected chi connectivity index (χ1v) is 12.8. The molecule has 8 heteroatoms. The SMILES string of the molecule is Cc1ccnc2c(CNC(C)c3cc4cccc(C#Cc5cnn(C)c5)c4c(=O)n3-c3ccccc3)cnn12. The molecule has 4 aromatic heterocycles. The van der Waals surface area contributed by atoms with Gasteiger partial charge in [0.1, 0.15) is 0 Å². The quantitative estimate of drug-likeness (QED) is 0.347. The minimum atomic E-state index is -0.146. The molecule has 0 saturated carbocycles. The van der Waals surface area contributed by atoms with Gasteiger partial charge in [0.25, 0.3) is 5.56 Å². The van der Waals surface area contributed by atoms with Crippen molar-refractivity contribution in [2.75, 3.05) is 0 Å². The standard InChI is InChI=1S/C31H27N7O/c1-21-14-15-32-30-26(19-35-38(21)30)18-33-22(2)28-16-25-9-7-8-24(13-12-23-17-34-36(3)20-23)29(25)31(39)37(28)27-10-5-4-6-11-27/h4-11,14-17,19-20,22,33H,18H2,1-3H3. The molecule has 0 spiro atoms. The lowest BCUT2D eigenvalue weighted by atomic mass is 10.0. The number of nitrogens with zero attached hydrogens (tertiary/aromatic N) is 6. The normalized spacial score (nSPS) is 12.0. The van der Waals surface area contributed by atoms with Crippen LogP contribution in [0.1, 0.15) is 41.0 Å². The Hall–Kier alpha value is -5.00. The van der Waals surface area contributed by atoms with Gasteiger partial charge in [-0.15, -0.1) is 0 Å². The monoisotopic (exact) mass is 513 g/mol. The van der Waals surface area contributed by atoms with E-state index in [1.807, 2.05) is 85.5 Å². The van der Waals surface area contributed by atoms with E-state index in [1.54, 1.807) is 21.6 Å². The van der Waals surface area contributed by atoms with Gasteiger partial charge in [0.05, 0.1) is 23.3 Å². The first kappa shape index (κ1) is 24.3. The number of aryl methyl sites for hydroxylation is 2. The Kier molecular flexibility index (Phi) is 6.27. The topological polar surface area (TPSA) is 82.0 Å². The van der Waals surface area contributed by atoms with Crippen molar-refractivity contribution in [1.29, 1.82) is 0 Å². The third-order valence-electron chi connectivity index (χ3n) is 6.84. The third-order valence-corrected chi connectivity index (χ3v) is 6.84. The Morgan fingerprint density at radius 3 is 2.64 bits per heavy atom. The summed E-state index contributed by atoms with van der Waals surface area (Å²) >= 11 is 0. The molecule has 192 valence electrons. The molecule has 1 N–H and O–H groups in total. The molecule has 6 rings (SSSR count). The van der Waals surface area contributed by atoms with Crippen molar-refractivity contribution in [1.82, 2.24) is 34.3 Å². The summed E-state index contributed by atoms with van der Waals surface area (Å²) < 4.78 is 5.33. The van der Waals surface area contributed by atoms with E-state index in [9.17, 15) is 4.79 Å². The van der Waals surface area contributed by atoms with Crippen LogP contribution in [0.3, 0.4) is 0 Å². The Bertz CT molecular complexity index is 1940. The molecule has 0 aliphatic rings. The second-order valence-corrected chi connectivity index (χ2v) is 9.56. The van der Waals surface area contributed by atoms with Crippen molar-refractivity contribution in [3.05, 3.63) is 124 Å². The molecule has 2 aromatic carbocycles. The van der Waals surface area contributed by atoms with Crippen LogP contribution in [0.25, 0.3) is 22.1 Å². The average molecular weight is 514 g/mol. The maximum absolute atomic E-state index is 14.2. The minimum absolute atomic E-state index is 0.105. The zero-order chi connectivity index (χ0) is 26.9. The lowest BCUT2D eigenvalue weighted by Crippen LogP contribution is -2.28. The highest BCUT2D eigenvalue weighted by Gasteiger charge is 2.18. The van der Waals surface area contributed by atoms with E-state index in [4.69, 9.17) is 0 Å². The van der Waals surface area contributed by atoms with Gasteiger partial charge in [-0.3, -0.25) is 14.0 Å². The van der Waals surface area contributed by atoms with E-state index in [-0.39, 0.29) is 11.6 Å². The van der Waals surface area contributed by atoms with Crippen LogP contribution in [0.5, 0.6) is 0 Å². The average Bonchev–Trinajstić information content (AvgIpc) is 3.57. The maximum atomic E-state index is 14.2. The summed E-state index contributed by atoms with van der Waals surface area (Å²) in [5.74, 6) is 6.35. The Labute approximate surface area is 225 Å². The van der Waals surface area contributed by atoms with Crippen molar-refractivity contribution in [3.8, 4) is 17.5 Å². The van der Waals surface area contributed by atoms with Crippen molar-refractivity contribution < 1.29 is 0 Å². The predicted molar refractivity (Wildman–Crippen MR) is 152 cm³/mol. The first-order valence-electron chi connectivity index (χ1n) is 12.8. The van der Waals surface area contributed by atoms with Gasteiger partial charge in [0.15, 0.2) is 5.65 Å². The van der Waals surface area contributed by atoms with Crippen LogP contribution in [-0.4, -0.2) is 28.9 Å². The van der Waals surface area contributed by atoms with Gasteiger partial charge >= 0.3 is 0 Å². The zero-order valence-electron chi connectivity index (χ0n) is 22.0. The van der Waals surface area contributed by atoms with Crippen LogP contribution in [0.15, 0.2) is 90.2 Å². The number of pyridine rings is 1. The van der Waals surface area contributed by atoms with Crippen LogP contribution in [0.4, 0.5) is 0 Å². The molecule has 1 unspecified atom stereocenters. The molecule has 6 aromatic rings. The van der Waals surface area contributed by atoms with Crippen LogP contribution >= 0.6 is 0 Å². The second-order valence-electron chi connectivity index (χ2n) is 9.56. The molecule has 4 heterocycles. The zero-order valence-corrected chi connectivity index (χ0v) is 22.0. The summed E-state index contributed by atoms with van der Waals surface area (Å²) in [6, 6.07) is 19.4. The van der Waals surface area contributed by atoms with E-state index < -0.39 is 0 Å². The molecule has 0 aliphatic heterocycles.